The highest BCUT2D eigenvalue weighted by Crippen LogP contribution is 2.26. The van der Waals surface area contributed by atoms with Gasteiger partial charge in [0.05, 0.1) is 17.1 Å². The molecule has 0 radical (unpaired) electrons. The van der Waals surface area contributed by atoms with Crippen LogP contribution in [0.25, 0.3) is 0 Å². The lowest BCUT2D eigenvalue weighted by Gasteiger charge is -2.12. The zero-order valence-corrected chi connectivity index (χ0v) is 23.8. The molecule has 0 saturated carbocycles. The summed E-state index contributed by atoms with van der Waals surface area (Å²) in [7, 11) is -3.57. The Labute approximate surface area is 232 Å². The van der Waals surface area contributed by atoms with Crippen LogP contribution in [0.1, 0.15) is 76.1 Å². The molecule has 0 saturated heterocycles. The second kappa shape index (κ2) is 15.3. The van der Waals surface area contributed by atoms with E-state index >= 15 is 0 Å². The van der Waals surface area contributed by atoms with Gasteiger partial charge in [0.15, 0.2) is 0 Å². The maximum Gasteiger partial charge on any atom is 0.343 e. The average Bonchev–Trinajstić information content (AvgIpc) is 2.94. The van der Waals surface area contributed by atoms with Crippen molar-refractivity contribution < 1.29 is 27.4 Å². The molecule has 0 aromatic heterocycles. The van der Waals surface area contributed by atoms with Crippen molar-refractivity contribution in [3.8, 4) is 23.0 Å². The summed E-state index contributed by atoms with van der Waals surface area (Å²) in [6.07, 6.45) is 7.95. The lowest BCUT2D eigenvalue weighted by atomic mass is 10.1. The molecule has 7 nitrogen and oxygen atoms in total. The van der Waals surface area contributed by atoms with Gasteiger partial charge in [-0.3, -0.25) is 0 Å². The Morgan fingerprint density at radius 3 is 1.90 bits per heavy atom. The van der Waals surface area contributed by atoms with Gasteiger partial charge < -0.3 is 14.2 Å². The fraction of sp³-hybridized carbons (Fsp3) is 0.387. The largest absolute Gasteiger partial charge is 0.494 e. The topological polar surface area (TPSA) is 90.9 Å². The molecule has 0 aliphatic carbocycles. The van der Waals surface area contributed by atoms with Crippen molar-refractivity contribution in [2.45, 2.75) is 76.7 Å². The number of rotatable bonds is 16. The lowest BCUT2D eigenvalue weighted by molar-refractivity contribution is 0.0734. The quantitative estimate of drug-likeness (QED) is 0.112. The van der Waals surface area contributed by atoms with Crippen LogP contribution in [0.15, 0.2) is 77.7 Å². The van der Waals surface area contributed by atoms with E-state index < -0.39 is 16.0 Å². The van der Waals surface area contributed by atoms with Crippen LogP contribution in [0.3, 0.4) is 0 Å². The predicted octanol–water partition coefficient (Wildman–Crippen LogP) is 7.51. The lowest BCUT2D eigenvalue weighted by Crippen LogP contribution is -2.31. The maximum atomic E-state index is 12.5. The molecule has 3 rings (SSSR count). The molecule has 0 aliphatic rings. The van der Waals surface area contributed by atoms with Gasteiger partial charge in [-0.05, 0) is 92.6 Å². The van der Waals surface area contributed by atoms with E-state index in [1.54, 1.807) is 60.7 Å². The van der Waals surface area contributed by atoms with Crippen molar-refractivity contribution in [1.82, 2.24) is 4.72 Å². The number of unbranched alkanes of at least 4 members (excludes halogenated alkanes) is 5. The van der Waals surface area contributed by atoms with Crippen molar-refractivity contribution in [1.29, 1.82) is 0 Å². The van der Waals surface area contributed by atoms with Crippen LogP contribution in [0, 0.1) is 0 Å². The third-order valence-corrected chi connectivity index (χ3v) is 7.83. The van der Waals surface area contributed by atoms with Crippen molar-refractivity contribution in [2.24, 2.45) is 0 Å². The minimum Gasteiger partial charge on any atom is -0.494 e. The number of carbonyl (C=O) groups excluding carboxylic acids is 1. The number of benzene rings is 3. The molecule has 0 bridgehead atoms. The van der Waals surface area contributed by atoms with Gasteiger partial charge in [-0.2, -0.15) is 0 Å². The van der Waals surface area contributed by atoms with Crippen LogP contribution in [0.5, 0.6) is 23.0 Å². The molecular formula is C31H39NO6S. The van der Waals surface area contributed by atoms with Crippen molar-refractivity contribution >= 4 is 16.0 Å². The van der Waals surface area contributed by atoms with E-state index in [1.807, 2.05) is 13.8 Å². The number of sulfonamides is 1. The average molecular weight is 554 g/mol. The summed E-state index contributed by atoms with van der Waals surface area (Å²) >= 11 is 0. The highest BCUT2D eigenvalue weighted by atomic mass is 32.2. The summed E-state index contributed by atoms with van der Waals surface area (Å²) in [5, 5.41) is 0. The summed E-state index contributed by atoms with van der Waals surface area (Å²) in [6, 6.07) is 19.6. The summed E-state index contributed by atoms with van der Waals surface area (Å²) in [5.74, 6) is 1.66. The van der Waals surface area contributed by atoms with Crippen LogP contribution in [-0.4, -0.2) is 27.0 Å². The van der Waals surface area contributed by atoms with Gasteiger partial charge >= 0.3 is 5.97 Å². The third kappa shape index (κ3) is 10.0. The van der Waals surface area contributed by atoms with E-state index in [9.17, 15) is 13.2 Å². The Balaban J connectivity index is 1.46. The maximum absolute atomic E-state index is 12.5. The highest BCUT2D eigenvalue weighted by Gasteiger charge is 2.16. The van der Waals surface area contributed by atoms with Crippen molar-refractivity contribution in [3.05, 3.63) is 78.4 Å². The number of carbonyl (C=O) groups is 1. The molecule has 3 aromatic rings. The summed E-state index contributed by atoms with van der Waals surface area (Å²) in [6.45, 7) is 6.62. The zero-order chi connectivity index (χ0) is 28.1. The molecule has 0 heterocycles. The number of esters is 1. The second-order valence-corrected chi connectivity index (χ2v) is 11.2. The fourth-order valence-electron chi connectivity index (χ4n) is 3.74. The summed E-state index contributed by atoms with van der Waals surface area (Å²) in [5.41, 5.74) is 0.431. The molecule has 0 aliphatic heterocycles. The number of nitrogens with one attached hydrogen (secondary N) is 1. The number of hydrogen-bond donors (Lipinski definition) is 1. The molecule has 3 aromatic carbocycles. The molecule has 1 unspecified atom stereocenters. The van der Waals surface area contributed by atoms with Crippen LogP contribution in [0.4, 0.5) is 0 Å². The zero-order valence-electron chi connectivity index (χ0n) is 23.0. The Hall–Kier alpha value is -3.36. The van der Waals surface area contributed by atoms with E-state index in [0.717, 1.165) is 12.2 Å². The van der Waals surface area contributed by atoms with Crippen LogP contribution < -0.4 is 18.9 Å². The molecule has 39 heavy (non-hydrogen) atoms. The molecule has 210 valence electrons. The van der Waals surface area contributed by atoms with E-state index in [1.165, 1.54) is 44.2 Å². The minimum absolute atomic E-state index is 0.147. The van der Waals surface area contributed by atoms with Gasteiger partial charge in [0.1, 0.15) is 23.0 Å². The van der Waals surface area contributed by atoms with E-state index in [4.69, 9.17) is 14.2 Å². The minimum atomic E-state index is -3.57. The SMILES string of the molecule is CCCCCCCCOc1ccc(C(=O)Oc2ccc(Oc3ccc(S(=O)(=O)NC(C)CC)cc3)cc2)cc1. The van der Waals surface area contributed by atoms with E-state index in [-0.39, 0.29) is 10.9 Å². The van der Waals surface area contributed by atoms with Crippen LogP contribution >= 0.6 is 0 Å². The Morgan fingerprint density at radius 2 is 1.28 bits per heavy atom. The molecule has 1 N–H and O–H groups in total. The van der Waals surface area contributed by atoms with Crippen LogP contribution in [0.2, 0.25) is 0 Å². The standard InChI is InChI=1S/C31H39NO6S/c1-4-6-7-8-9-10-23-36-26-13-11-25(12-14-26)31(33)38-29-17-15-27(16-18-29)37-28-19-21-30(22-20-28)39(34,35)32-24(3)5-2/h11-22,24,32H,4-10,23H2,1-3H3. The van der Waals surface area contributed by atoms with Gasteiger partial charge in [-0.25, -0.2) is 17.9 Å². The molecule has 0 fully saturated rings. The van der Waals surface area contributed by atoms with Gasteiger partial charge in [0.2, 0.25) is 10.0 Å². The van der Waals surface area contributed by atoms with Gasteiger partial charge in [-0.15, -0.1) is 0 Å². The van der Waals surface area contributed by atoms with Crippen molar-refractivity contribution in [3.63, 3.8) is 0 Å². The first-order valence-corrected chi connectivity index (χ1v) is 15.1. The van der Waals surface area contributed by atoms with Crippen LogP contribution in [-0.2, 0) is 10.0 Å². The number of hydrogen-bond acceptors (Lipinski definition) is 6. The Bertz CT molecular complexity index is 1260. The molecule has 1 atom stereocenters. The molecule has 0 amide bonds. The first-order chi connectivity index (χ1) is 18.8. The Morgan fingerprint density at radius 1 is 0.744 bits per heavy atom. The van der Waals surface area contributed by atoms with E-state index in [0.29, 0.717) is 35.8 Å². The molecule has 0 spiro atoms. The second-order valence-electron chi connectivity index (χ2n) is 9.51. The first-order valence-electron chi connectivity index (χ1n) is 13.7. The number of ether oxygens (including phenoxy) is 3. The smallest absolute Gasteiger partial charge is 0.343 e. The molecule has 8 heteroatoms. The fourth-order valence-corrected chi connectivity index (χ4v) is 5.07. The highest BCUT2D eigenvalue weighted by molar-refractivity contribution is 7.89. The predicted molar refractivity (Wildman–Crippen MR) is 153 cm³/mol. The van der Waals surface area contributed by atoms with Crippen molar-refractivity contribution in [2.75, 3.05) is 6.61 Å². The normalized spacial score (nSPS) is 12.1. The van der Waals surface area contributed by atoms with Gasteiger partial charge in [-0.1, -0.05) is 46.0 Å². The van der Waals surface area contributed by atoms with E-state index in [2.05, 4.69) is 11.6 Å². The monoisotopic (exact) mass is 553 g/mol. The first kappa shape index (κ1) is 30.2. The Kier molecular flexibility index (Phi) is 11.8. The third-order valence-electron chi connectivity index (χ3n) is 6.23. The summed E-state index contributed by atoms with van der Waals surface area (Å²) in [4.78, 5) is 12.7. The summed E-state index contributed by atoms with van der Waals surface area (Å²) < 4.78 is 44.5. The van der Waals surface area contributed by atoms with Gasteiger partial charge in [0.25, 0.3) is 0 Å². The molecular weight excluding hydrogens is 514 g/mol. The van der Waals surface area contributed by atoms with Gasteiger partial charge in [0, 0.05) is 6.04 Å².